The maximum absolute atomic E-state index is 13.7. The number of hydrogen-bond donors (Lipinski definition) is 1. The van der Waals surface area contributed by atoms with E-state index in [9.17, 15) is 18.0 Å². The number of carbonyl (C=O) groups is 1. The molecule has 1 N–H and O–H groups in total. The lowest BCUT2D eigenvalue weighted by molar-refractivity contribution is -0.119. The van der Waals surface area contributed by atoms with Crippen LogP contribution in [0.5, 0.6) is 0 Å². The van der Waals surface area contributed by atoms with Crippen molar-refractivity contribution in [3.63, 3.8) is 0 Å². The predicted molar refractivity (Wildman–Crippen MR) is 144 cm³/mol. The quantitative estimate of drug-likeness (QED) is 0.274. The number of nitrogens with one attached hydrogen (secondary N) is 1. The first kappa shape index (κ1) is 25.9. The summed E-state index contributed by atoms with van der Waals surface area (Å²) in [4.78, 5) is 26.4. The van der Waals surface area contributed by atoms with Crippen LogP contribution in [0.1, 0.15) is 11.3 Å². The van der Waals surface area contributed by atoms with E-state index in [4.69, 9.17) is 11.6 Å². The molecule has 0 saturated carbocycles. The smallest absolute Gasteiger partial charge is 0.283 e. The van der Waals surface area contributed by atoms with Gasteiger partial charge in [-0.2, -0.15) is 5.10 Å². The zero-order chi connectivity index (χ0) is 26.6. The third kappa shape index (κ3) is 5.35. The van der Waals surface area contributed by atoms with E-state index in [1.54, 1.807) is 85.4 Å². The number of para-hydroxylation sites is 1. The van der Waals surface area contributed by atoms with Crippen molar-refractivity contribution in [1.82, 2.24) is 14.8 Å². The van der Waals surface area contributed by atoms with E-state index >= 15 is 0 Å². The fourth-order valence-corrected chi connectivity index (χ4v) is 5.44. The van der Waals surface area contributed by atoms with Gasteiger partial charge in [-0.15, -0.1) is 0 Å². The van der Waals surface area contributed by atoms with Crippen molar-refractivity contribution in [2.24, 2.45) is 12.1 Å². The lowest BCUT2D eigenvalue weighted by Gasteiger charge is -2.22. The molecule has 9 nitrogen and oxygen atoms in total. The average molecular weight is 538 g/mol. The van der Waals surface area contributed by atoms with Crippen molar-refractivity contribution in [3.05, 3.63) is 112 Å². The molecule has 4 aromatic rings. The van der Waals surface area contributed by atoms with Crippen LogP contribution < -0.4 is 15.3 Å². The van der Waals surface area contributed by atoms with E-state index in [2.05, 4.69) is 10.5 Å². The first-order valence-corrected chi connectivity index (χ1v) is 13.0. The number of anilines is 1. The van der Waals surface area contributed by atoms with Crippen LogP contribution in [0, 0.1) is 6.92 Å². The Morgan fingerprint density at radius 1 is 1.00 bits per heavy atom. The zero-order valence-corrected chi connectivity index (χ0v) is 21.6. The number of hydrazone groups is 1. The van der Waals surface area contributed by atoms with Crippen molar-refractivity contribution >= 4 is 39.4 Å². The number of benzene rings is 3. The Bertz CT molecular complexity index is 1610. The second-order valence-corrected chi connectivity index (χ2v) is 10.3. The Labute approximate surface area is 219 Å². The summed E-state index contributed by atoms with van der Waals surface area (Å²) in [6.45, 7) is 0.948. The van der Waals surface area contributed by atoms with E-state index in [0.717, 1.165) is 4.31 Å². The standard InChI is InChI=1S/C26H24ClN5O4S/c1-19-25(26(34)32(30(19)2)21-12-5-3-6-13-21)31(37(35,36)22-14-7-4-8-15-22)18-24(33)29-28-17-20-11-9-10-16-23(20)27/h3-17H,18H2,1-2H3,(H,29,33)/b28-17-. The van der Waals surface area contributed by atoms with Gasteiger partial charge in [0.25, 0.3) is 21.5 Å². The lowest BCUT2D eigenvalue weighted by atomic mass is 10.2. The number of nitrogens with zero attached hydrogens (tertiary/aromatic N) is 4. The van der Waals surface area contributed by atoms with Gasteiger partial charge < -0.3 is 0 Å². The molecule has 0 spiro atoms. The van der Waals surface area contributed by atoms with Crippen molar-refractivity contribution < 1.29 is 13.2 Å². The SMILES string of the molecule is Cc1c(N(CC(=O)N/N=C\c2ccccc2Cl)S(=O)(=O)c2ccccc2)c(=O)n(-c2ccccc2)n1C. The van der Waals surface area contributed by atoms with Crippen LogP contribution in [0.15, 0.2) is 99.7 Å². The molecule has 0 saturated heterocycles. The Kier molecular flexibility index (Phi) is 7.61. The van der Waals surface area contributed by atoms with E-state index in [0.29, 0.717) is 22.0 Å². The number of amides is 1. The van der Waals surface area contributed by atoms with Gasteiger partial charge in [-0.3, -0.25) is 14.3 Å². The van der Waals surface area contributed by atoms with Crippen LogP contribution >= 0.6 is 11.6 Å². The molecule has 37 heavy (non-hydrogen) atoms. The van der Waals surface area contributed by atoms with Gasteiger partial charge in [0.15, 0.2) is 0 Å². The second-order valence-electron chi connectivity index (χ2n) is 8.05. The van der Waals surface area contributed by atoms with Gasteiger partial charge in [0.1, 0.15) is 12.2 Å². The molecule has 1 heterocycles. The van der Waals surface area contributed by atoms with E-state index in [1.807, 2.05) is 6.07 Å². The van der Waals surface area contributed by atoms with Crippen molar-refractivity contribution in [3.8, 4) is 5.69 Å². The molecule has 4 rings (SSSR count). The molecule has 3 aromatic carbocycles. The van der Waals surface area contributed by atoms with E-state index in [-0.39, 0.29) is 10.6 Å². The summed E-state index contributed by atoms with van der Waals surface area (Å²) in [5.41, 5.74) is 3.09. The minimum Gasteiger partial charge on any atom is -0.283 e. The maximum Gasteiger partial charge on any atom is 0.296 e. The van der Waals surface area contributed by atoms with Crippen LogP contribution in [0.25, 0.3) is 5.69 Å². The number of aromatic nitrogens is 2. The highest BCUT2D eigenvalue weighted by Gasteiger charge is 2.33. The van der Waals surface area contributed by atoms with E-state index in [1.165, 1.54) is 23.0 Å². The molecule has 190 valence electrons. The molecule has 11 heteroatoms. The summed E-state index contributed by atoms with van der Waals surface area (Å²) < 4.78 is 31.1. The summed E-state index contributed by atoms with van der Waals surface area (Å²) in [6, 6.07) is 23.4. The number of rotatable bonds is 8. The number of sulfonamides is 1. The van der Waals surface area contributed by atoms with Crippen LogP contribution in [0.2, 0.25) is 5.02 Å². The van der Waals surface area contributed by atoms with Gasteiger partial charge in [0, 0.05) is 17.6 Å². The molecule has 0 radical (unpaired) electrons. The molecular weight excluding hydrogens is 514 g/mol. The number of carbonyl (C=O) groups excluding carboxylic acids is 1. The topological polar surface area (TPSA) is 106 Å². The summed E-state index contributed by atoms with van der Waals surface area (Å²) in [5, 5.41) is 4.34. The maximum atomic E-state index is 13.7. The highest BCUT2D eigenvalue weighted by molar-refractivity contribution is 7.92. The van der Waals surface area contributed by atoms with Gasteiger partial charge in [0.2, 0.25) is 0 Å². The highest BCUT2D eigenvalue weighted by atomic mass is 35.5. The van der Waals surface area contributed by atoms with Gasteiger partial charge in [-0.1, -0.05) is 66.2 Å². The average Bonchev–Trinajstić information content (AvgIpc) is 3.12. The molecular formula is C26H24ClN5O4S. The van der Waals surface area contributed by atoms with Crippen molar-refractivity contribution in [2.75, 3.05) is 10.8 Å². The number of halogens is 1. The lowest BCUT2D eigenvalue weighted by Crippen LogP contribution is -2.42. The Hall–Kier alpha value is -4.15. The van der Waals surface area contributed by atoms with Crippen LogP contribution in [0.4, 0.5) is 5.69 Å². The van der Waals surface area contributed by atoms with Crippen molar-refractivity contribution in [1.29, 1.82) is 0 Å². The molecule has 0 atom stereocenters. The fourth-order valence-electron chi connectivity index (χ4n) is 3.76. The summed E-state index contributed by atoms with van der Waals surface area (Å²) >= 11 is 6.10. The molecule has 0 unspecified atom stereocenters. The van der Waals surface area contributed by atoms with Crippen LogP contribution in [-0.4, -0.2) is 36.4 Å². The molecule has 0 aliphatic rings. The normalized spacial score (nSPS) is 11.5. The first-order valence-electron chi connectivity index (χ1n) is 11.2. The summed E-state index contributed by atoms with van der Waals surface area (Å²) in [6.07, 6.45) is 1.35. The Balaban J connectivity index is 1.75. The van der Waals surface area contributed by atoms with Crippen LogP contribution in [-0.2, 0) is 21.9 Å². The molecule has 1 aromatic heterocycles. The van der Waals surface area contributed by atoms with Gasteiger partial charge >= 0.3 is 0 Å². The van der Waals surface area contributed by atoms with Crippen molar-refractivity contribution in [2.45, 2.75) is 11.8 Å². The molecule has 1 amide bonds. The predicted octanol–water partition coefficient (Wildman–Crippen LogP) is 3.48. The zero-order valence-electron chi connectivity index (χ0n) is 20.1. The second kappa shape index (κ2) is 10.9. The monoisotopic (exact) mass is 537 g/mol. The summed E-state index contributed by atoms with van der Waals surface area (Å²) in [7, 11) is -2.64. The van der Waals surface area contributed by atoms with E-state index < -0.39 is 28.0 Å². The largest absolute Gasteiger partial charge is 0.296 e. The van der Waals surface area contributed by atoms with Crippen LogP contribution in [0.3, 0.4) is 0 Å². The third-order valence-electron chi connectivity index (χ3n) is 5.69. The Morgan fingerprint density at radius 3 is 2.24 bits per heavy atom. The molecule has 0 aliphatic heterocycles. The Morgan fingerprint density at radius 2 is 1.59 bits per heavy atom. The third-order valence-corrected chi connectivity index (χ3v) is 7.79. The van der Waals surface area contributed by atoms with Gasteiger partial charge in [-0.25, -0.2) is 22.8 Å². The molecule has 0 aliphatic carbocycles. The fraction of sp³-hybridized carbons (Fsp3) is 0.115. The highest BCUT2D eigenvalue weighted by Crippen LogP contribution is 2.25. The summed E-state index contributed by atoms with van der Waals surface area (Å²) in [5.74, 6) is -0.739. The molecule has 0 bridgehead atoms. The molecule has 0 fully saturated rings. The van der Waals surface area contributed by atoms with Gasteiger partial charge in [0.05, 0.1) is 22.5 Å². The first-order chi connectivity index (χ1) is 17.7. The van der Waals surface area contributed by atoms with Gasteiger partial charge in [-0.05, 0) is 37.3 Å². The number of hydrogen-bond acceptors (Lipinski definition) is 5. The minimum absolute atomic E-state index is 0.0590. The minimum atomic E-state index is -4.29.